The normalized spacial score (nSPS) is 38.0. The Labute approximate surface area is 237 Å². The number of para-hydroxylation sites is 2. The SMILES string of the molecule is CC1CC(C)C2CC(n3c(=O)c(N4CCC4CC(=O)O)nc4ccccc43)CC1N2C1CC2CCCCC(C2)C1. The molecule has 1 aromatic heterocycles. The van der Waals surface area contributed by atoms with Crippen LogP contribution in [-0.2, 0) is 4.79 Å². The molecule has 0 radical (unpaired) electrons. The van der Waals surface area contributed by atoms with Gasteiger partial charge in [-0.3, -0.25) is 14.5 Å². The van der Waals surface area contributed by atoms with E-state index in [4.69, 9.17) is 4.98 Å². The summed E-state index contributed by atoms with van der Waals surface area (Å²) in [6.07, 6.45) is 14.0. The van der Waals surface area contributed by atoms with Crippen LogP contribution in [0.25, 0.3) is 11.0 Å². The molecular formula is C33H46N4O3. The van der Waals surface area contributed by atoms with Crippen LogP contribution in [0.15, 0.2) is 29.1 Å². The Hall–Kier alpha value is -2.41. The van der Waals surface area contributed by atoms with Crippen LogP contribution in [0.1, 0.15) is 96.9 Å². The summed E-state index contributed by atoms with van der Waals surface area (Å²) < 4.78 is 2.08. The van der Waals surface area contributed by atoms with Crippen molar-refractivity contribution < 1.29 is 9.90 Å². The lowest BCUT2D eigenvalue weighted by molar-refractivity contribution is -0.137. The molecule has 3 saturated heterocycles. The van der Waals surface area contributed by atoms with E-state index >= 15 is 0 Å². The Morgan fingerprint density at radius 1 is 0.900 bits per heavy atom. The average molecular weight is 547 g/mol. The van der Waals surface area contributed by atoms with Crippen LogP contribution in [0.3, 0.4) is 0 Å². The van der Waals surface area contributed by atoms with Gasteiger partial charge in [0, 0.05) is 36.8 Å². The molecule has 4 heterocycles. The van der Waals surface area contributed by atoms with Gasteiger partial charge in [0.05, 0.1) is 17.5 Å². The minimum atomic E-state index is -0.818. The number of aromatic nitrogens is 2. The number of fused-ring (bicyclic) bond motifs is 5. The Kier molecular flexibility index (Phi) is 6.92. The van der Waals surface area contributed by atoms with E-state index in [1.165, 1.54) is 51.4 Å². The number of carboxylic acids is 1. The first-order valence-electron chi connectivity index (χ1n) is 16.1. The third-order valence-corrected chi connectivity index (χ3v) is 11.6. The van der Waals surface area contributed by atoms with Gasteiger partial charge in [0.15, 0.2) is 5.82 Å². The van der Waals surface area contributed by atoms with Crippen LogP contribution in [0.5, 0.6) is 0 Å². The Morgan fingerprint density at radius 2 is 1.57 bits per heavy atom. The maximum atomic E-state index is 14.3. The molecule has 4 bridgehead atoms. The maximum absolute atomic E-state index is 14.3. The number of piperidine rings is 2. The van der Waals surface area contributed by atoms with Crippen LogP contribution < -0.4 is 10.5 Å². The van der Waals surface area contributed by atoms with Crippen LogP contribution >= 0.6 is 0 Å². The fourth-order valence-corrected chi connectivity index (χ4v) is 9.78. The second-order valence-electron chi connectivity index (χ2n) is 14.1. The molecule has 0 amide bonds. The minimum absolute atomic E-state index is 0.0331. The van der Waals surface area contributed by atoms with Crippen molar-refractivity contribution in [1.82, 2.24) is 14.5 Å². The second kappa shape index (κ2) is 10.5. The third-order valence-electron chi connectivity index (χ3n) is 11.6. The molecule has 2 aliphatic carbocycles. The minimum Gasteiger partial charge on any atom is -0.481 e. The number of hydrogen-bond acceptors (Lipinski definition) is 5. The summed E-state index contributed by atoms with van der Waals surface area (Å²) >= 11 is 0. The van der Waals surface area contributed by atoms with Crippen LogP contribution in [-0.4, -0.2) is 56.2 Å². The zero-order valence-corrected chi connectivity index (χ0v) is 24.3. The van der Waals surface area contributed by atoms with E-state index in [9.17, 15) is 14.7 Å². The molecule has 5 fully saturated rings. The Balaban J connectivity index is 1.25. The summed E-state index contributed by atoms with van der Waals surface area (Å²) in [7, 11) is 0. The topological polar surface area (TPSA) is 78.7 Å². The number of benzene rings is 1. The molecule has 7 atom stereocenters. The molecule has 2 saturated carbocycles. The molecule has 7 unspecified atom stereocenters. The molecule has 1 aromatic carbocycles. The van der Waals surface area contributed by atoms with Crippen molar-refractivity contribution in [1.29, 1.82) is 0 Å². The van der Waals surface area contributed by atoms with Gasteiger partial charge < -0.3 is 14.6 Å². The molecule has 5 aliphatic rings. The molecule has 3 aliphatic heterocycles. The van der Waals surface area contributed by atoms with E-state index in [0.29, 0.717) is 42.3 Å². The van der Waals surface area contributed by atoms with E-state index in [1.54, 1.807) is 0 Å². The zero-order chi connectivity index (χ0) is 27.5. The van der Waals surface area contributed by atoms with Gasteiger partial charge in [-0.25, -0.2) is 4.98 Å². The zero-order valence-electron chi connectivity index (χ0n) is 24.3. The second-order valence-corrected chi connectivity index (χ2v) is 14.1. The summed E-state index contributed by atoms with van der Waals surface area (Å²) in [6, 6.07) is 9.77. The highest BCUT2D eigenvalue weighted by Gasteiger charge is 2.50. The predicted octanol–water partition coefficient (Wildman–Crippen LogP) is 5.86. The van der Waals surface area contributed by atoms with Crippen molar-refractivity contribution in [3.63, 3.8) is 0 Å². The quantitative estimate of drug-likeness (QED) is 0.506. The Morgan fingerprint density at radius 3 is 2.20 bits per heavy atom. The van der Waals surface area contributed by atoms with E-state index in [-0.39, 0.29) is 24.1 Å². The smallest absolute Gasteiger partial charge is 0.305 e. The standard InChI is InChI=1S/C33H46N4O3/c1-20-13-21(2)30-18-26(17-29(20)36(30)25-15-22-7-3-4-8-23(14-22)16-25)37-28-10-6-5-9-27(28)34-32(33(37)40)35-12-11-24(35)19-31(38)39/h5-6,9-10,20-26,29-30H,3-4,7-8,11-19H2,1-2H3,(H,38,39). The van der Waals surface area contributed by atoms with E-state index in [2.05, 4.69) is 29.4 Å². The van der Waals surface area contributed by atoms with Gasteiger partial charge >= 0.3 is 5.97 Å². The average Bonchev–Trinajstić information content (AvgIpc) is 3.09. The number of rotatable bonds is 5. The van der Waals surface area contributed by atoms with Crippen molar-refractivity contribution in [2.24, 2.45) is 23.7 Å². The van der Waals surface area contributed by atoms with Crippen LogP contribution in [0, 0.1) is 23.7 Å². The largest absolute Gasteiger partial charge is 0.481 e. The molecule has 7 nitrogen and oxygen atoms in total. The highest BCUT2D eigenvalue weighted by Crippen LogP contribution is 2.49. The number of nitrogens with zero attached hydrogens (tertiary/aromatic N) is 4. The number of carboxylic acid groups (broad SMARTS) is 1. The van der Waals surface area contributed by atoms with Gasteiger partial charge in [-0.15, -0.1) is 0 Å². The van der Waals surface area contributed by atoms with Crippen molar-refractivity contribution in [3.05, 3.63) is 34.6 Å². The molecule has 40 heavy (non-hydrogen) atoms. The summed E-state index contributed by atoms with van der Waals surface area (Å²) in [4.78, 5) is 35.5. The first kappa shape index (κ1) is 26.5. The van der Waals surface area contributed by atoms with Gasteiger partial charge in [0.2, 0.25) is 0 Å². The first-order valence-corrected chi connectivity index (χ1v) is 16.1. The van der Waals surface area contributed by atoms with Crippen molar-refractivity contribution in [3.8, 4) is 0 Å². The fourth-order valence-electron chi connectivity index (χ4n) is 9.78. The van der Waals surface area contributed by atoms with Gasteiger partial charge in [-0.05, 0) is 80.8 Å². The predicted molar refractivity (Wildman–Crippen MR) is 158 cm³/mol. The number of aliphatic carboxylic acids is 1. The van der Waals surface area contributed by atoms with E-state index < -0.39 is 5.97 Å². The van der Waals surface area contributed by atoms with E-state index in [0.717, 1.165) is 42.1 Å². The van der Waals surface area contributed by atoms with Gasteiger partial charge in [-0.1, -0.05) is 51.7 Å². The van der Waals surface area contributed by atoms with Crippen LogP contribution in [0.2, 0.25) is 0 Å². The summed E-state index contributed by atoms with van der Waals surface area (Å²) in [5, 5.41) is 9.42. The molecular weight excluding hydrogens is 500 g/mol. The van der Waals surface area contributed by atoms with Crippen molar-refractivity contribution in [2.45, 2.75) is 121 Å². The lowest BCUT2D eigenvalue weighted by atomic mass is 9.68. The monoisotopic (exact) mass is 546 g/mol. The van der Waals surface area contributed by atoms with Crippen molar-refractivity contribution >= 4 is 22.8 Å². The lowest BCUT2D eigenvalue weighted by Crippen LogP contribution is -2.63. The number of anilines is 1. The van der Waals surface area contributed by atoms with Crippen molar-refractivity contribution in [2.75, 3.05) is 11.4 Å². The Bertz CT molecular complexity index is 1290. The summed E-state index contributed by atoms with van der Waals surface area (Å²) in [6.45, 7) is 5.61. The molecule has 1 N–H and O–H groups in total. The molecule has 2 aromatic rings. The maximum Gasteiger partial charge on any atom is 0.305 e. The van der Waals surface area contributed by atoms with Gasteiger partial charge in [0.25, 0.3) is 5.56 Å². The first-order chi connectivity index (χ1) is 19.4. The molecule has 7 heteroatoms. The number of hydrogen-bond donors (Lipinski definition) is 1. The van der Waals surface area contributed by atoms with Gasteiger partial charge in [-0.2, -0.15) is 0 Å². The lowest BCUT2D eigenvalue weighted by Gasteiger charge is -2.58. The summed E-state index contributed by atoms with van der Waals surface area (Å²) in [5.41, 5.74) is 1.73. The molecule has 7 rings (SSSR count). The van der Waals surface area contributed by atoms with Crippen LogP contribution in [0.4, 0.5) is 5.82 Å². The van der Waals surface area contributed by atoms with E-state index in [1.807, 2.05) is 23.1 Å². The highest BCUT2D eigenvalue weighted by molar-refractivity contribution is 5.77. The number of carbonyl (C=O) groups is 1. The molecule has 0 spiro atoms. The fraction of sp³-hybridized carbons (Fsp3) is 0.727. The third kappa shape index (κ3) is 4.56. The highest BCUT2D eigenvalue weighted by atomic mass is 16.4. The summed E-state index contributed by atoms with van der Waals surface area (Å²) in [5.74, 6) is 2.68. The van der Waals surface area contributed by atoms with Gasteiger partial charge in [0.1, 0.15) is 0 Å². The molecule has 216 valence electrons.